The Morgan fingerprint density at radius 2 is 2.29 bits per heavy atom. The summed E-state index contributed by atoms with van der Waals surface area (Å²) in [5.41, 5.74) is 8.91. The third-order valence-corrected chi connectivity index (χ3v) is 2.51. The van der Waals surface area contributed by atoms with Crippen molar-refractivity contribution in [1.82, 2.24) is 14.8 Å². The van der Waals surface area contributed by atoms with Gasteiger partial charge in [-0.15, -0.1) is 0 Å². The summed E-state index contributed by atoms with van der Waals surface area (Å²) < 4.78 is 1.76. The number of anilines is 2. The van der Waals surface area contributed by atoms with Gasteiger partial charge < -0.3 is 11.1 Å². The van der Waals surface area contributed by atoms with Crippen molar-refractivity contribution in [3.63, 3.8) is 0 Å². The van der Waals surface area contributed by atoms with Gasteiger partial charge in [0.05, 0.1) is 17.1 Å². The van der Waals surface area contributed by atoms with Crippen molar-refractivity contribution >= 4 is 28.6 Å². The van der Waals surface area contributed by atoms with Gasteiger partial charge in [0.2, 0.25) is 0 Å². The van der Waals surface area contributed by atoms with E-state index in [0.717, 1.165) is 17.1 Å². The lowest BCUT2D eigenvalue weighted by molar-refractivity contribution is 0.756. The van der Waals surface area contributed by atoms with Crippen molar-refractivity contribution in [1.29, 1.82) is 0 Å². The number of hydrogen-bond acceptors (Lipinski definition) is 4. The Bertz CT molecular complexity index is 561. The minimum absolute atomic E-state index is 0.288. The Kier molecular flexibility index (Phi) is 3.06. The average molecular weight is 247 g/mol. The lowest BCUT2D eigenvalue weighted by Gasteiger charge is -2.05. The van der Waals surface area contributed by atoms with E-state index in [1.54, 1.807) is 10.9 Å². The van der Waals surface area contributed by atoms with Crippen molar-refractivity contribution in [2.24, 2.45) is 12.8 Å². The van der Waals surface area contributed by atoms with Crippen LogP contribution in [0.15, 0.2) is 24.5 Å². The normalized spacial score (nSPS) is 10.2. The van der Waals surface area contributed by atoms with E-state index in [-0.39, 0.29) is 4.99 Å². The predicted octanol–water partition coefficient (Wildman–Crippen LogP) is 1.50. The molecule has 0 bridgehead atoms. The molecule has 0 aliphatic rings. The minimum atomic E-state index is 0.288. The molecular weight excluding hydrogens is 234 g/mol. The van der Waals surface area contributed by atoms with Crippen molar-refractivity contribution in [2.75, 3.05) is 5.32 Å². The summed E-state index contributed by atoms with van der Waals surface area (Å²) in [6.07, 6.45) is 3.58. The van der Waals surface area contributed by atoms with Crippen LogP contribution in [0.4, 0.5) is 11.4 Å². The maximum absolute atomic E-state index is 5.53. The van der Waals surface area contributed by atoms with Gasteiger partial charge in [0.1, 0.15) is 4.99 Å². The molecule has 0 atom stereocenters. The van der Waals surface area contributed by atoms with Crippen LogP contribution in [-0.4, -0.2) is 19.8 Å². The lowest BCUT2D eigenvalue weighted by atomic mass is 10.3. The van der Waals surface area contributed by atoms with E-state index in [4.69, 9.17) is 18.0 Å². The third kappa shape index (κ3) is 2.59. The zero-order chi connectivity index (χ0) is 12.4. The Morgan fingerprint density at radius 3 is 2.88 bits per heavy atom. The van der Waals surface area contributed by atoms with Gasteiger partial charge in [-0.1, -0.05) is 12.2 Å². The first-order valence-corrected chi connectivity index (χ1v) is 5.50. The third-order valence-electron chi connectivity index (χ3n) is 2.30. The molecule has 3 N–H and O–H groups in total. The molecule has 88 valence electrons. The second-order valence-electron chi connectivity index (χ2n) is 3.72. The monoisotopic (exact) mass is 247 g/mol. The quantitative estimate of drug-likeness (QED) is 0.804. The smallest absolute Gasteiger partial charge is 0.122 e. The first-order chi connectivity index (χ1) is 8.06. The molecule has 0 aromatic carbocycles. The van der Waals surface area contributed by atoms with E-state index in [1.807, 2.05) is 32.3 Å². The fourth-order valence-corrected chi connectivity index (χ4v) is 1.63. The Balaban J connectivity index is 2.27. The molecule has 0 unspecified atom stereocenters. The predicted molar refractivity (Wildman–Crippen MR) is 71.4 cm³/mol. The molecule has 6 heteroatoms. The molecule has 0 aliphatic carbocycles. The molecule has 0 fully saturated rings. The molecule has 0 radical (unpaired) electrons. The summed E-state index contributed by atoms with van der Waals surface area (Å²) in [5.74, 6) is 0. The molecule has 0 saturated carbocycles. The second kappa shape index (κ2) is 4.50. The maximum atomic E-state index is 5.53. The molecule has 0 spiro atoms. The number of rotatable bonds is 3. The number of aromatic nitrogens is 3. The van der Waals surface area contributed by atoms with Gasteiger partial charge in [-0.05, 0) is 19.1 Å². The summed E-state index contributed by atoms with van der Waals surface area (Å²) in [7, 11) is 1.88. The topological polar surface area (TPSA) is 68.8 Å². The summed E-state index contributed by atoms with van der Waals surface area (Å²) in [6, 6.07) is 3.67. The molecular formula is C11H13N5S. The maximum Gasteiger partial charge on any atom is 0.122 e. The van der Waals surface area contributed by atoms with Crippen molar-refractivity contribution in [2.45, 2.75) is 6.92 Å². The molecule has 0 amide bonds. The largest absolute Gasteiger partial charge is 0.388 e. The highest BCUT2D eigenvalue weighted by Crippen LogP contribution is 2.19. The number of nitrogens with zero attached hydrogens (tertiary/aromatic N) is 3. The fraction of sp³-hybridized carbons (Fsp3) is 0.182. The Morgan fingerprint density at radius 1 is 1.53 bits per heavy atom. The van der Waals surface area contributed by atoms with Crippen molar-refractivity contribution in [3.05, 3.63) is 35.9 Å². The molecule has 2 aromatic rings. The zero-order valence-corrected chi connectivity index (χ0v) is 10.5. The van der Waals surface area contributed by atoms with E-state index in [2.05, 4.69) is 15.4 Å². The van der Waals surface area contributed by atoms with Crippen LogP contribution < -0.4 is 11.1 Å². The van der Waals surface area contributed by atoms with E-state index >= 15 is 0 Å². The standard InChI is InChI=1S/C11H13N5S/c1-7-10(6-16(2)15-7)14-8-3-4-13-9(5-8)11(12)17/h3-6H,1-2H3,(H2,12,17)(H,13,14). The second-order valence-corrected chi connectivity index (χ2v) is 4.16. The van der Waals surface area contributed by atoms with Gasteiger partial charge in [-0.25, -0.2) is 0 Å². The van der Waals surface area contributed by atoms with Crippen LogP contribution in [0.2, 0.25) is 0 Å². The van der Waals surface area contributed by atoms with Crippen molar-refractivity contribution < 1.29 is 0 Å². The van der Waals surface area contributed by atoms with Gasteiger partial charge >= 0.3 is 0 Å². The summed E-state index contributed by atoms with van der Waals surface area (Å²) in [5, 5.41) is 7.50. The summed E-state index contributed by atoms with van der Waals surface area (Å²) >= 11 is 4.89. The molecule has 2 heterocycles. The van der Waals surface area contributed by atoms with Crippen molar-refractivity contribution in [3.8, 4) is 0 Å². The van der Waals surface area contributed by atoms with Crippen LogP contribution in [0.3, 0.4) is 0 Å². The van der Waals surface area contributed by atoms with Crippen LogP contribution in [-0.2, 0) is 7.05 Å². The highest BCUT2D eigenvalue weighted by atomic mass is 32.1. The van der Waals surface area contributed by atoms with E-state index in [9.17, 15) is 0 Å². The van der Waals surface area contributed by atoms with E-state index in [0.29, 0.717) is 5.69 Å². The van der Waals surface area contributed by atoms with E-state index < -0.39 is 0 Å². The summed E-state index contributed by atoms with van der Waals surface area (Å²) in [4.78, 5) is 4.37. The van der Waals surface area contributed by atoms with Gasteiger partial charge in [0.15, 0.2) is 0 Å². The first kappa shape index (κ1) is 11.5. The van der Waals surface area contributed by atoms with Gasteiger partial charge in [-0.3, -0.25) is 9.67 Å². The van der Waals surface area contributed by atoms with Crippen LogP contribution in [0.25, 0.3) is 0 Å². The molecule has 2 rings (SSSR count). The SMILES string of the molecule is Cc1nn(C)cc1Nc1ccnc(C(N)=S)c1. The average Bonchev–Trinajstić information content (AvgIpc) is 2.58. The Labute approximate surface area is 105 Å². The highest BCUT2D eigenvalue weighted by molar-refractivity contribution is 7.80. The van der Waals surface area contributed by atoms with Crippen LogP contribution in [0.5, 0.6) is 0 Å². The highest BCUT2D eigenvalue weighted by Gasteiger charge is 2.04. The van der Waals surface area contributed by atoms with Crippen LogP contribution in [0.1, 0.15) is 11.4 Å². The van der Waals surface area contributed by atoms with Gasteiger partial charge in [-0.2, -0.15) is 5.10 Å². The number of thiocarbonyl (C=S) groups is 1. The molecule has 0 saturated heterocycles. The number of pyridine rings is 1. The fourth-order valence-electron chi connectivity index (χ4n) is 1.52. The molecule has 5 nitrogen and oxygen atoms in total. The molecule has 0 aliphatic heterocycles. The Hall–Kier alpha value is -1.95. The number of hydrogen-bond donors (Lipinski definition) is 2. The number of nitrogens with two attached hydrogens (primary N) is 1. The van der Waals surface area contributed by atoms with Gasteiger partial charge in [0, 0.05) is 25.1 Å². The minimum Gasteiger partial charge on any atom is -0.388 e. The van der Waals surface area contributed by atoms with E-state index in [1.165, 1.54) is 0 Å². The van der Waals surface area contributed by atoms with Crippen LogP contribution in [0, 0.1) is 6.92 Å². The zero-order valence-electron chi connectivity index (χ0n) is 9.64. The van der Waals surface area contributed by atoms with Gasteiger partial charge in [0.25, 0.3) is 0 Å². The molecule has 17 heavy (non-hydrogen) atoms. The number of nitrogens with one attached hydrogen (secondary N) is 1. The summed E-state index contributed by atoms with van der Waals surface area (Å²) in [6.45, 7) is 1.94. The molecule has 2 aromatic heterocycles. The lowest BCUT2D eigenvalue weighted by Crippen LogP contribution is -2.11. The number of aryl methyl sites for hydroxylation is 2. The first-order valence-electron chi connectivity index (χ1n) is 5.09. The van der Waals surface area contributed by atoms with Crippen LogP contribution >= 0.6 is 12.2 Å².